The molecule has 0 amide bonds. The summed E-state index contributed by atoms with van der Waals surface area (Å²) in [5, 5.41) is 3.14. The second kappa shape index (κ2) is 4.74. The molecule has 1 saturated heterocycles. The molecule has 2 nitrogen and oxygen atoms in total. The van der Waals surface area contributed by atoms with Crippen molar-refractivity contribution >= 4 is 5.69 Å². The Morgan fingerprint density at radius 1 is 1.00 bits per heavy atom. The van der Waals surface area contributed by atoms with Gasteiger partial charge in [0.1, 0.15) is 11.5 Å². The molecular weight excluding hydrogens is 217 g/mol. The van der Waals surface area contributed by atoms with Crippen molar-refractivity contribution in [1.29, 1.82) is 0 Å². The average molecular weight is 230 g/mol. The van der Waals surface area contributed by atoms with Gasteiger partial charge in [-0.2, -0.15) is 0 Å². The van der Waals surface area contributed by atoms with Gasteiger partial charge in [-0.05, 0) is 13.0 Å². The van der Waals surface area contributed by atoms with Crippen molar-refractivity contribution < 1.29 is 13.2 Å². The molecular formula is C11H13F3N2. The molecule has 1 aromatic carbocycles. The fraction of sp³-hybridized carbons (Fsp3) is 0.455. The van der Waals surface area contributed by atoms with Crippen LogP contribution in [0.15, 0.2) is 12.1 Å². The lowest BCUT2D eigenvalue weighted by Gasteiger charge is -2.23. The lowest BCUT2D eigenvalue weighted by Crippen LogP contribution is -2.29. The van der Waals surface area contributed by atoms with E-state index in [1.807, 2.05) is 0 Å². The highest BCUT2D eigenvalue weighted by Crippen LogP contribution is 2.24. The third-order valence-corrected chi connectivity index (χ3v) is 2.64. The maximum atomic E-state index is 13.5. The summed E-state index contributed by atoms with van der Waals surface area (Å²) in [6.07, 6.45) is 0.816. The summed E-state index contributed by atoms with van der Waals surface area (Å²) in [5.74, 6) is -2.55. The zero-order valence-electron chi connectivity index (χ0n) is 8.77. The van der Waals surface area contributed by atoms with Crippen molar-refractivity contribution in [2.24, 2.45) is 0 Å². The fourth-order valence-electron chi connectivity index (χ4n) is 1.91. The highest BCUT2D eigenvalue weighted by molar-refractivity contribution is 5.49. The summed E-state index contributed by atoms with van der Waals surface area (Å²) in [7, 11) is 0. The number of nitrogens with zero attached hydrogens (tertiary/aromatic N) is 1. The summed E-state index contributed by atoms with van der Waals surface area (Å²) in [5.41, 5.74) is -0.120. The number of benzene rings is 1. The lowest BCUT2D eigenvalue weighted by molar-refractivity contribution is 0.537. The van der Waals surface area contributed by atoms with E-state index in [9.17, 15) is 13.2 Å². The maximum absolute atomic E-state index is 13.5. The van der Waals surface area contributed by atoms with Crippen LogP contribution in [-0.4, -0.2) is 26.2 Å². The van der Waals surface area contributed by atoms with E-state index in [2.05, 4.69) is 5.32 Å². The molecule has 1 aliphatic rings. The van der Waals surface area contributed by atoms with E-state index in [1.165, 1.54) is 0 Å². The molecule has 2 rings (SSSR count). The number of hydrogen-bond donors (Lipinski definition) is 1. The van der Waals surface area contributed by atoms with Gasteiger partial charge in [0.2, 0.25) is 0 Å². The van der Waals surface area contributed by atoms with Crippen LogP contribution in [0.25, 0.3) is 0 Å². The quantitative estimate of drug-likeness (QED) is 0.792. The Morgan fingerprint density at radius 2 is 1.69 bits per heavy atom. The largest absolute Gasteiger partial charge is 0.365 e. The monoisotopic (exact) mass is 230 g/mol. The molecule has 16 heavy (non-hydrogen) atoms. The molecule has 0 saturated carbocycles. The van der Waals surface area contributed by atoms with E-state index in [1.54, 1.807) is 4.90 Å². The first-order valence-corrected chi connectivity index (χ1v) is 5.28. The van der Waals surface area contributed by atoms with E-state index < -0.39 is 17.5 Å². The van der Waals surface area contributed by atoms with Crippen LogP contribution in [0.4, 0.5) is 18.9 Å². The predicted molar refractivity (Wildman–Crippen MR) is 56.0 cm³/mol. The fourth-order valence-corrected chi connectivity index (χ4v) is 1.91. The number of anilines is 1. The first kappa shape index (κ1) is 11.3. The van der Waals surface area contributed by atoms with E-state index in [0.717, 1.165) is 25.1 Å². The number of hydrogen-bond acceptors (Lipinski definition) is 2. The van der Waals surface area contributed by atoms with Gasteiger partial charge in [-0.15, -0.1) is 0 Å². The Hall–Kier alpha value is -1.23. The molecule has 1 aromatic rings. The summed E-state index contributed by atoms with van der Waals surface area (Å²) in [6.45, 7) is 2.61. The Bertz CT molecular complexity index is 350. The minimum Gasteiger partial charge on any atom is -0.365 e. The third-order valence-electron chi connectivity index (χ3n) is 2.64. The number of nitrogens with one attached hydrogen (secondary N) is 1. The maximum Gasteiger partial charge on any atom is 0.152 e. The smallest absolute Gasteiger partial charge is 0.152 e. The predicted octanol–water partition coefficient (Wildman–Crippen LogP) is 1.90. The topological polar surface area (TPSA) is 15.3 Å². The zero-order valence-corrected chi connectivity index (χ0v) is 8.77. The number of rotatable bonds is 1. The molecule has 5 heteroatoms. The van der Waals surface area contributed by atoms with Crippen LogP contribution in [0.3, 0.4) is 0 Å². The normalized spacial score (nSPS) is 17.3. The second-order valence-corrected chi connectivity index (χ2v) is 3.81. The van der Waals surface area contributed by atoms with Crippen LogP contribution >= 0.6 is 0 Å². The molecule has 0 spiro atoms. The molecule has 0 radical (unpaired) electrons. The van der Waals surface area contributed by atoms with Crippen LogP contribution < -0.4 is 10.2 Å². The van der Waals surface area contributed by atoms with Gasteiger partial charge in [0.25, 0.3) is 0 Å². The Morgan fingerprint density at radius 3 is 2.38 bits per heavy atom. The van der Waals surface area contributed by atoms with Gasteiger partial charge in [-0.1, -0.05) is 0 Å². The van der Waals surface area contributed by atoms with E-state index in [-0.39, 0.29) is 5.69 Å². The van der Waals surface area contributed by atoms with Gasteiger partial charge in [0.15, 0.2) is 11.6 Å². The molecule has 0 aliphatic carbocycles. The van der Waals surface area contributed by atoms with Gasteiger partial charge in [0.05, 0.1) is 0 Å². The summed E-state index contributed by atoms with van der Waals surface area (Å²) in [4.78, 5) is 1.62. The molecule has 88 valence electrons. The first-order chi connectivity index (χ1) is 7.68. The third kappa shape index (κ3) is 2.29. The summed E-state index contributed by atoms with van der Waals surface area (Å²) >= 11 is 0. The summed E-state index contributed by atoms with van der Waals surface area (Å²) < 4.78 is 39.7. The molecule has 1 N–H and O–H groups in total. The molecule has 0 aromatic heterocycles. The SMILES string of the molecule is Fc1cc(F)c(N2CCCNCC2)c(F)c1. The first-order valence-electron chi connectivity index (χ1n) is 5.28. The van der Waals surface area contributed by atoms with Crippen LogP contribution in [0, 0.1) is 17.5 Å². The van der Waals surface area contributed by atoms with Crippen molar-refractivity contribution in [3.63, 3.8) is 0 Å². The van der Waals surface area contributed by atoms with Crippen molar-refractivity contribution in [2.45, 2.75) is 6.42 Å². The standard InChI is InChI=1S/C11H13F3N2/c12-8-6-9(13)11(10(14)7-8)16-4-1-2-15-3-5-16/h6-7,15H,1-5H2. The minimum absolute atomic E-state index is 0.120. The Balaban J connectivity index is 2.31. The van der Waals surface area contributed by atoms with Crippen molar-refractivity contribution in [3.05, 3.63) is 29.6 Å². The average Bonchev–Trinajstić information content (AvgIpc) is 2.44. The van der Waals surface area contributed by atoms with Gasteiger partial charge < -0.3 is 10.2 Å². The number of halogens is 3. The second-order valence-electron chi connectivity index (χ2n) is 3.81. The lowest BCUT2D eigenvalue weighted by atomic mass is 10.2. The molecule has 1 aliphatic heterocycles. The van der Waals surface area contributed by atoms with Crippen LogP contribution in [0.1, 0.15) is 6.42 Å². The van der Waals surface area contributed by atoms with Crippen molar-refractivity contribution in [3.8, 4) is 0 Å². The van der Waals surface area contributed by atoms with Crippen LogP contribution in [-0.2, 0) is 0 Å². The van der Waals surface area contributed by atoms with Crippen LogP contribution in [0.2, 0.25) is 0 Å². The molecule has 0 atom stereocenters. The van der Waals surface area contributed by atoms with E-state index in [4.69, 9.17) is 0 Å². The molecule has 0 bridgehead atoms. The zero-order chi connectivity index (χ0) is 11.5. The highest BCUT2D eigenvalue weighted by Gasteiger charge is 2.19. The Kier molecular flexibility index (Phi) is 3.33. The van der Waals surface area contributed by atoms with Gasteiger partial charge in [-0.25, -0.2) is 13.2 Å². The van der Waals surface area contributed by atoms with Crippen molar-refractivity contribution in [2.75, 3.05) is 31.1 Å². The van der Waals surface area contributed by atoms with E-state index in [0.29, 0.717) is 19.6 Å². The Labute approximate surface area is 92.1 Å². The van der Waals surface area contributed by atoms with Crippen LogP contribution in [0.5, 0.6) is 0 Å². The van der Waals surface area contributed by atoms with Gasteiger partial charge >= 0.3 is 0 Å². The van der Waals surface area contributed by atoms with Crippen molar-refractivity contribution in [1.82, 2.24) is 5.32 Å². The van der Waals surface area contributed by atoms with E-state index >= 15 is 0 Å². The van der Waals surface area contributed by atoms with Gasteiger partial charge in [-0.3, -0.25) is 0 Å². The molecule has 1 fully saturated rings. The molecule has 1 heterocycles. The highest BCUT2D eigenvalue weighted by atomic mass is 19.1. The molecule has 0 unspecified atom stereocenters. The van der Waals surface area contributed by atoms with Gasteiger partial charge in [0, 0.05) is 31.8 Å². The summed E-state index contributed by atoms with van der Waals surface area (Å²) in [6, 6.07) is 1.44. The minimum atomic E-state index is -0.883.